The Morgan fingerprint density at radius 1 is 1.41 bits per heavy atom. The molecular formula is C12H19ClN4. The lowest BCUT2D eigenvalue weighted by Crippen LogP contribution is -2.36. The largest absolute Gasteiger partial charge is 0.369 e. The first-order valence-electron chi connectivity index (χ1n) is 6.18. The van der Waals surface area contributed by atoms with Gasteiger partial charge < -0.3 is 10.2 Å². The first-order chi connectivity index (χ1) is 8.24. The number of rotatable bonds is 4. The van der Waals surface area contributed by atoms with Gasteiger partial charge in [-0.05, 0) is 31.8 Å². The van der Waals surface area contributed by atoms with Crippen molar-refractivity contribution in [3.8, 4) is 0 Å². The number of aromatic nitrogens is 2. The third-order valence-electron chi connectivity index (χ3n) is 3.24. The van der Waals surface area contributed by atoms with E-state index in [0.29, 0.717) is 5.15 Å². The molecule has 0 atom stereocenters. The molecule has 0 saturated carbocycles. The highest BCUT2D eigenvalue weighted by molar-refractivity contribution is 6.29. The molecule has 2 rings (SSSR count). The van der Waals surface area contributed by atoms with E-state index in [0.717, 1.165) is 24.8 Å². The molecule has 1 fully saturated rings. The Kier molecular flexibility index (Phi) is 4.57. The molecule has 1 aromatic rings. The molecule has 1 aliphatic heterocycles. The first kappa shape index (κ1) is 12.6. The van der Waals surface area contributed by atoms with Crippen molar-refractivity contribution in [3.05, 3.63) is 17.5 Å². The van der Waals surface area contributed by atoms with E-state index in [1.165, 1.54) is 32.3 Å². The Balaban J connectivity index is 1.69. The summed E-state index contributed by atoms with van der Waals surface area (Å²) in [5.74, 6) is 1.69. The van der Waals surface area contributed by atoms with Gasteiger partial charge in [0.05, 0.1) is 0 Å². The van der Waals surface area contributed by atoms with E-state index in [9.17, 15) is 0 Å². The molecule has 1 N–H and O–H groups in total. The Bertz CT molecular complexity index is 350. The van der Waals surface area contributed by atoms with Gasteiger partial charge in [-0.1, -0.05) is 18.5 Å². The molecule has 94 valence electrons. The second-order valence-corrected chi connectivity index (χ2v) is 5.06. The van der Waals surface area contributed by atoms with Crippen LogP contribution in [0.2, 0.25) is 5.15 Å². The van der Waals surface area contributed by atoms with Crippen LogP contribution in [0.15, 0.2) is 12.4 Å². The van der Waals surface area contributed by atoms with Gasteiger partial charge in [0.2, 0.25) is 0 Å². The van der Waals surface area contributed by atoms with Gasteiger partial charge in [0.25, 0.3) is 0 Å². The summed E-state index contributed by atoms with van der Waals surface area (Å²) in [6, 6.07) is 1.75. The molecule has 0 bridgehead atoms. The van der Waals surface area contributed by atoms with E-state index in [-0.39, 0.29) is 0 Å². The average molecular weight is 255 g/mol. The van der Waals surface area contributed by atoms with Crippen LogP contribution in [-0.4, -0.2) is 41.0 Å². The third kappa shape index (κ3) is 4.13. The van der Waals surface area contributed by atoms with Gasteiger partial charge in [-0.25, -0.2) is 9.97 Å². The summed E-state index contributed by atoms with van der Waals surface area (Å²) in [5.41, 5.74) is 0. The van der Waals surface area contributed by atoms with Crippen molar-refractivity contribution >= 4 is 17.4 Å². The van der Waals surface area contributed by atoms with Crippen LogP contribution in [0.3, 0.4) is 0 Å². The van der Waals surface area contributed by atoms with Crippen molar-refractivity contribution in [2.75, 3.05) is 31.5 Å². The van der Waals surface area contributed by atoms with Crippen LogP contribution in [0.1, 0.15) is 19.8 Å². The predicted molar refractivity (Wildman–Crippen MR) is 70.4 cm³/mol. The van der Waals surface area contributed by atoms with Gasteiger partial charge in [-0.2, -0.15) is 0 Å². The second kappa shape index (κ2) is 6.17. The lowest BCUT2D eigenvalue weighted by Gasteiger charge is -2.30. The average Bonchev–Trinajstić information content (AvgIpc) is 2.32. The van der Waals surface area contributed by atoms with Crippen LogP contribution in [0.5, 0.6) is 0 Å². The minimum atomic E-state index is 0.481. The maximum atomic E-state index is 5.79. The van der Waals surface area contributed by atoms with Crippen LogP contribution >= 0.6 is 11.6 Å². The number of piperidine rings is 1. The van der Waals surface area contributed by atoms with E-state index in [2.05, 4.69) is 27.1 Å². The zero-order valence-electron chi connectivity index (χ0n) is 10.2. The number of nitrogens with zero attached hydrogens (tertiary/aromatic N) is 3. The van der Waals surface area contributed by atoms with Crippen molar-refractivity contribution in [1.29, 1.82) is 0 Å². The van der Waals surface area contributed by atoms with E-state index >= 15 is 0 Å². The van der Waals surface area contributed by atoms with Crippen molar-refractivity contribution in [3.63, 3.8) is 0 Å². The molecule has 1 aliphatic rings. The van der Waals surface area contributed by atoms with Crippen LogP contribution in [0, 0.1) is 5.92 Å². The zero-order chi connectivity index (χ0) is 12.1. The summed E-state index contributed by atoms with van der Waals surface area (Å²) in [6.45, 7) is 6.73. The quantitative estimate of drug-likeness (QED) is 0.837. The summed E-state index contributed by atoms with van der Waals surface area (Å²) in [7, 11) is 0. The number of hydrogen-bond acceptors (Lipinski definition) is 4. The molecule has 4 nitrogen and oxygen atoms in total. The summed E-state index contributed by atoms with van der Waals surface area (Å²) < 4.78 is 0. The van der Waals surface area contributed by atoms with Crippen molar-refractivity contribution in [2.45, 2.75) is 19.8 Å². The lowest BCUT2D eigenvalue weighted by molar-refractivity contribution is 0.199. The zero-order valence-corrected chi connectivity index (χ0v) is 11.0. The van der Waals surface area contributed by atoms with Crippen molar-refractivity contribution in [1.82, 2.24) is 14.9 Å². The molecule has 0 spiro atoms. The molecule has 0 unspecified atom stereocenters. The molecular weight excluding hydrogens is 236 g/mol. The number of likely N-dealkylation sites (tertiary alicyclic amines) is 1. The molecule has 17 heavy (non-hydrogen) atoms. The molecule has 0 amide bonds. The summed E-state index contributed by atoms with van der Waals surface area (Å²) >= 11 is 5.79. The predicted octanol–water partition coefficient (Wildman–Crippen LogP) is 2.27. The van der Waals surface area contributed by atoms with Gasteiger partial charge in [0.1, 0.15) is 17.3 Å². The molecule has 0 aliphatic carbocycles. The minimum absolute atomic E-state index is 0.481. The Labute approximate surface area is 107 Å². The molecule has 2 heterocycles. The Hall–Kier alpha value is -0.870. The van der Waals surface area contributed by atoms with Crippen LogP contribution in [-0.2, 0) is 0 Å². The lowest BCUT2D eigenvalue weighted by atomic mass is 9.99. The number of nitrogens with one attached hydrogen (secondary N) is 1. The van der Waals surface area contributed by atoms with Gasteiger partial charge in [-0.15, -0.1) is 0 Å². The third-order valence-corrected chi connectivity index (χ3v) is 3.45. The normalized spacial score (nSPS) is 18.2. The molecule has 5 heteroatoms. The first-order valence-corrected chi connectivity index (χ1v) is 6.55. The fraction of sp³-hybridized carbons (Fsp3) is 0.667. The SMILES string of the molecule is CC1CCN(CCNc2cc(Cl)ncn2)CC1. The maximum absolute atomic E-state index is 5.79. The highest BCUT2D eigenvalue weighted by Crippen LogP contribution is 2.15. The van der Waals surface area contributed by atoms with Gasteiger partial charge >= 0.3 is 0 Å². The van der Waals surface area contributed by atoms with E-state index < -0.39 is 0 Å². The van der Waals surface area contributed by atoms with E-state index in [1.54, 1.807) is 6.07 Å². The van der Waals surface area contributed by atoms with Gasteiger partial charge in [0, 0.05) is 19.2 Å². The van der Waals surface area contributed by atoms with Crippen molar-refractivity contribution < 1.29 is 0 Å². The number of halogens is 1. The molecule has 0 aromatic carbocycles. The van der Waals surface area contributed by atoms with Crippen LogP contribution < -0.4 is 5.32 Å². The minimum Gasteiger partial charge on any atom is -0.369 e. The molecule has 1 aromatic heterocycles. The van der Waals surface area contributed by atoms with E-state index in [4.69, 9.17) is 11.6 Å². The highest BCUT2D eigenvalue weighted by Gasteiger charge is 2.14. The van der Waals surface area contributed by atoms with Gasteiger partial charge in [-0.3, -0.25) is 0 Å². The topological polar surface area (TPSA) is 41.0 Å². The maximum Gasteiger partial charge on any atom is 0.134 e. The second-order valence-electron chi connectivity index (χ2n) is 4.68. The number of hydrogen-bond donors (Lipinski definition) is 1. The van der Waals surface area contributed by atoms with Crippen LogP contribution in [0.4, 0.5) is 5.82 Å². The van der Waals surface area contributed by atoms with Gasteiger partial charge in [0.15, 0.2) is 0 Å². The summed E-state index contributed by atoms with van der Waals surface area (Å²) in [6.07, 6.45) is 4.12. The molecule has 0 radical (unpaired) electrons. The smallest absolute Gasteiger partial charge is 0.134 e. The molecule has 1 saturated heterocycles. The van der Waals surface area contributed by atoms with Crippen molar-refractivity contribution in [2.24, 2.45) is 5.92 Å². The summed E-state index contributed by atoms with van der Waals surface area (Å²) in [5, 5.41) is 3.75. The fourth-order valence-corrected chi connectivity index (χ4v) is 2.20. The monoisotopic (exact) mass is 254 g/mol. The van der Waals surface area contributed by atoms with E-state index in [1.807, 2.05) is 0 Å². The number of anilines is 1. The fourth-order valence-electron chi connectivity index (χ4n) is 2.06. The Morgan fingerprint density at radius 3 is 2.88 bits per heavy atom. The summed E-state index contributed by atoms with van der Waals surface area (Å²) in [4.78, 5) is 10.5. The highest BCUT2D eigenvalue weighted by atomic mass is 35.5. The van der Waals surface area contributed by atoms with Crippen LogP contribution in [0.25, 0.3) is 0 Å². The standard InChI is InChI=1S/C12H19ClN4/c1-10-2-5-17(6-3-10)7-4-14-12-8-11(13)15-9-16-12/h8-10H,2-7H2,1H3,(H,14,15,16). The Morgan fingerprint density at radius 2 is 2.18 bits per heavy atom.